The van der Waals surface area contributed by atoms with E-state index in [9.17, 15) is 15.0 Å². The summed E-state index contributed by atoms with van der Waals surface area (Å²) in [6.07, 6.45) is 0.269. The van der Waals surface area contributed by atoms with Crippen molar-refractivity contribution in [3.05, 3.63) is 11.1 Å². The predicted molar refractivity (Wildman–Crippen MR) is 103 cm³/mol. The normalized spacial score (nSPS) is 56.3. The maximum absolute atomic E-state index is 12.1. The molecule has 3 aliphatic carbocycles. The van der Waals surface area contributed by atoms with E-state index in [1.807, 2.05) is 13.8 Å². The summed E-state index contributed by atoms with van der Waals surface area (Å²) in [5, 5.41) is 25.6. The lowest BCUT2D eigenvalue weighted by Crippen LogP contribution is -2.75. The topological polar surface area (TPSA) is 104 Å². The van der Waals surface area contributed by atoms with Gasteiger partial charge in [0.25, 0.3) is 0 Å². The van der Waals surface area contributed by atoms with Crippen molar-refractivity contribution in [2.75, 3.05) is 6.61 Å². The average molecular weight is 419 g/mol. The molecule has 9 atom stereocenters. The van der Waals surface area contributed by atoms with Gasteiger partial charge in [-0.3, -0.25) is 0 Å². The summed E-state index contributed by atoms with van der Waals surface area (Å²) in [5.41, 5.74) is -1.72. The molecule has 29 heavy (non-hydrogen) atoms. The lowest BCUT2D eigenvalue weighted by Gasteiger charge is -2.56. The van der Waals surface area contributed by atoms with E-state index in [2.05, 4.69) is 17.1 Å². The van der Waals surface area contributed by atoms with Gasteiger partial charge in [0.1, 0.15) is 36.1 Å². The van der Waals surface area contributed by atoms with Crippen LogP contribution in [0.4, 0.5) is 0 Å². The molecule has 156 valence electrons. The minimum atomic E-state index is -1.51. The van der Waals surface area contributed by atoms with Crippen LogP contribution in [0.5, 0.6) is 0 Å². The Hall–Kier alpha value is -1.15. The second-order valence-corrected chi connectivity index (χ2v) is 10.3. The molecule has 0 bridgehead atoms. The first kappa shape index (κ1) is 18.6. The van der Waals surface area contributed by atoms with Crippen molar-refractivity contribution in [1.82, 2.24) is 0 Å². The Bertz CT molecular complexity index is 928. The minimum absolute atomic E-state index is 0.0814. The fourth-order valence-corrected chi connectivity index (χ4v) is 7.64. The molecule has 1 unspecified atom stereocenters. The third-order valence-electron chi connectivity index (χ3n) is 9.09. The van der Waals surface area contributed by atoms with E-state index in [0.29, 0.717) is 19.4 Å². The molecular formula is C21H25NO6S. The number of ether oxygens (including phenoxy) is 3. The molecule has 6 aliphatic rings. The number of aliphatic hydroxyl groups is 2. The third kappa shape index (κ3) is 1.70. The van der Waals surface area contributed by atoms with Crippen LogP contribution in [-0.4, -0.2) is 69.1 Å². The van der Waals surface area contributed by atoms with E-state index in [1.165, 1.54) is 0 Å². The van der Waals surface area contributed by atoms with Gasteiger partial charge in [0, 0.05) is 11.0 Å². The van der Waals surface area contributed by atoms with Gasteiger partial charge in [-0.25, -0.2) is 9.79 Å². The van der Waals surface area contributed by atoms with Gasteiger partial charge in [-0.2, -0.15) is 0 Å². The number of epoxide rings is 2. The van der Waals surface area contributed by atoms with Gasteiger partial charge in [0.05, 0.1) is 11.3 Å². The molecule has 6 rings (SSSR count). The second kappa shape index (κ2) is 5.18. The number of cyclic esters (lactones) is 1. The Morgan fingerprint density at radius 3 is 2.79 bits per heavy atom. The Labute approximate surface area is 174 Å². The largest absolute Gasteiger partial charge is 0.458 e. The molecule has 3 aliphatic heterocycles. The van der Waals surface area contributed by atoms with E-state index < -0.39 is 35.1 Å². The fraction of sp³-hybridized carbons (Fsp3) is 0.810. The number of hydrogen-bond donors (Lipinski definition) is 2. The minimum Gasteiger partial charge on any atom is -0.458 e. The van der Waals surface area contributed by atoms with Crippen molar-refractivity contribution < 1.29 is 29.2 Å². The van der Waals surface area contributed by atoms with Crippen molar-refractivity contribution in [1.29, 1.82) is 0 Å². The summed E-state index contributed by atoms with van der Waals surface area (Å²) < 4.78 is 18.1. The van der Waals surface area contributed by atoms with Crippen molar-refractivity contribution in [2.24, 2.45) is 22.2 Å². The summed E-state index contributed by atoms with van der Waals surface area (Å²) in [5.74, 6) is -0.400. The van der Waals surface area contributed by atoms with Crippen molar-refractivity contribution >= 4 is 23.3 Å². The second-order valence-electron chi connectivity index (χ2n) is 10.1. The molecule has 2 saturated heterocycles. The van der Waals surface area contributed by atoms with Gasteiger partial charge >= 0.3 is 5.97 Å². The first-order valence-corrected chi connectivity index (χ1v) is 10.8. The van der Waals surface area contributed by atoms with Crippen LogP contribution in [0.25, 0.3) is 0 Å². The van der Waals surface area contributed by atoms with Crippen LogP contribution < -0.4 is 0 Å². The number of hydrogen-bond acceptors (Lipinski definition) is 8. The number of aliphatic hydroxyl groups excluding tert-OH is 1. The van der Waals surface area contributed by atoms with Crippen LogP contribution in [0.15, 0.2) is 16.1 Å². The fourth-order valence-electron chi connectivity index (χ4n) is 7.53. The van der Waals surface area contributed by atoms with Crippen LogP contribution in [-0.2, 0) is 19.0 Å². The summed E-state index contributed by atoms with van der Waals surface area (Å²) in [4.78, 5) is 16.4. The standard InChI is InChI=1S/C21H25NO6S/c1-9(2)19(25)14(22-8-29)15-21(28-15)18(3)5-4-10-11(7-26-16(10)23)12(18)6-13-20(21,27-13)17(19)24/h9,12-15,17,24-25H,4-7H2,1-3H3/t12-,13-,14?,15-,17+,18-,19-,20+,21+/m0/s1. The van der Waals surface area contributed by atoms with Gasteiger partial charge in [0.2, 0.25) is 0 Å². The van der Waals surface area contributed by atoms with Crippen LogP contribution in [0, 0.1) is 17.3 Å². The number of rotatable bonds is 2. The molecule has 0 amide bonds. The zero-order chi connectivity index (χ0) is 20.6. The van der Waals surface area contributed by atoms with Crippen LogP contribution in [0.3, 0.4) is 0 Å². The number of carbonyl (C=O) groups excluding carboxylic acids is 1. The van der Waals surface area contributed by atoms with Crippen molar-refractivity contribution in [3.8, 4) is 0 Å². The number of fused-ring (bicyclic) bond motifs is 2. The SMILES string of the molecule is CC(C)[C@]1(O)C(N=C=S)[C@@H]2O[C@]23[C@]2(O[C@H]2C[C@H]2C4=C(CC[C@@]23C)C(=O)OC4)[C@@H]1O. The van der Waals surface area contributed by atoms with Gasteiger partial charge in [0.15, 0.2) is 5.60 Å². The van der Waals surface area contributed by atoms with Crippen molar-refractivity contribution in [2.45, 2.75) is 81.2 Å². The van der Waals surface area contributed by atoms with Crippen LogP contribution in [0.2, 0.25) is 0 Å². The maximum atomic E-state index is 12.1. The highest BCUT2D eigenvalue weighted by molar-refractivity contribution is 7.78. The number of thiocarbonyl (C=S) groups is 1. The Kier molecular flexibility index (Phi) is 3.32. The molecule has 0 aromatic heterocycles. The monoisotopic (exact) mass is 419 g/mol. The maximum Gasteiger partial charge on any atom is 0.334 e. The van der Waals surface area contributed by atoms with E-state index in [1.54, 1.807) is 0 Å². The summed E-state index contributed by atoms with van der Waals surface area (Å²) in [7, 11) is 0. The van der Waals surface area contributed by atoms with Gasteiger partial charge in [-0.05, 0) is 48.9 Å². The Balaban J connectivity index is 1.52. The van der Waals surface area contributed by atoms with Crippen LogP contribution >= 0.6 is 12.2 Å². The molecular weight excluding hydrogens is 394 g/mol. The highest BCUT2D eigenvalue weighted by Crippen LogP contribution is 2.80. The van der Waals surface area contributed by atoms with Crippen molar-refractivity contribution in [3.63, 3.8) is 0 Å². The number of carbonyl (C=O) groups is 1. The zero-order valence-electron chi connectivity index (χ0n) is 16.7. The number of esters is 1. The van der Waals surface area contributed by atoms with Gasteiger partial charge in [-0.1, -0.05) is 20.8 Å². The summed E-state index contributed by atoms with van der Waals surface area (Å²) in [6.45, 7) is 6.24. The molecule has 2 saturated carbocycles. The molecule has 2 N–H and O–H groups in total. The highest BCUT2D eigenvalue weighted by Gasteiger charge is 2.96. The molecule has 0 radical (unpaired) electrons. The lowest BCUT2D eigenvalue weighted by molar-refractivity contribution is -0.186. The average Bonchev–Trinajstić information content (AvgIpc) is 3.56. The molecule has 4 fully saturated rings. The van der Waals surface area contributed by atoms with E-state index >= 15 is 0 Å². The van der Waals surface area contributed by atoms with E-state index in [0.717, 1.165) is 17.6 Å². The van der Waals surface area contributed by atoms with Crippen LogP contribution in [0.1, 0.15) is 40.0 Å². The quantitative estimate of drug-likeness (QED) is 0.300. The molecule has 8 heteroatoms. The third-order valence-corrected chi connectivity index (χ3v) is 9.20. The van der Waals surface area contributed by atoms with Gasteiger partial charge in [-0.15, -0.1) is 0 Å². The highest BCUT2D eigenvalue weighted by atomic mass is 32.1. The number of nitrogens with zero attached hydrogens (tertiary/aromatic N) is 1. The summed E-state index contributed by atoms with van der Waals surface area (Å²) in [6, 6.07) is -0.710. The van der Waals surface area contributed by atoms with E-state index in [4.69, 9.17) is 26.4 Å². The zero-order valence-corrected chi connectivity index (χ0v) is 17.5. The molecule has 7 nitrogen and oxygen atoms in total. The molecule has 2 spiro atoms. The summed E-state index contributed by atoms with van der Waals surface area (Å²) >= 11 is 4.87. The van der Waals surface area contributed by atoms with Gasteiger partial charge < -0.3 is 24.4 Å². The number of isothiocyanates is 1. The smallest absolute Gasteiger partial charge is 0.334 e. The first-order chi connectivity index (χ1) is 13.7. The predicted octanol–water partition coefficient (Wildman–Crippen LogP) is 1.17. The Morgan fingerprint density at radius 2 is 2.10 bits per heavy atom. The number of aliphatic imine (C=N–C) groups is 1. The Morgan fingerprint density at radius 1 is 1.34 bits per heavy atom. The molecule has 0 aromatic rings. The first-order valence-electron chi connectivity index (χ1n) is 10.4. The molecule has 3 heterocycles. The lowest BCUT2D eigenvalue weighted by atomic mass is 9.45. The van der Waals surface area contributed by atoms with E-state index in [-0.39, 0.29) is 29.3 Å². The molecule has 0 aromatic carbocycles.